The van der Waals surface area contributed by atoms with Crippen molar-refractivity contribution in [2.75, 3.05) is 20.2 Å². The third-order valence-electron chi connectivity index (χ3n) is 4.85. The van der Waals surface area contributed by atoms with Crippen LogP contribution in [0.3, 0.4) is 0 Å². The molecule has 0 aliphatic carbocycles. The molecule has 0 spiro atoms. The maximum absolute atomic E-state index is 12.7. The molecule has 0 aliphatic rings. The van der Waals surface area contributed by atoms with Crippen molar-refractivity contribution in [3.05, 3.63) is 90.0 Å². The van der Waals surface area contributed by atoms with Crippen molar-refractivity contribution < 1.29 is 13.9 Å². The van der Waals surface area contributed by atoms with Gasteiger partial charge in [0, 0.05) is 23.7 Å². The third-order valence-corrected chi connectivity index (χ3v) is 4.85. The maximum Gasteiger partial charge on any atom is 0.253 e. The quantitative estimate of drug-likeness (QED) is 0.433. The van der Waals surface area contributed by atoms with Crippen molar-refractivity contribution in [1.82, 2.24) is 15.1 Å². The average molecular weight is 413 g/mol. The van der Waals surface area contributed by atoms with E-state index in [1.807, 2.05) is 73.7 Å². The minimum atomic E-state index is -0.0748. The number of aryl methyl sites for hydroxylation is 1. The lowest BCUT2D eigenvalue weighted by Gasteiger charge is -2.17. The Labute approximate surface area is 181 Å². The molecular formula is C25H23N3O3. The number of ether oxygens (including phenoxy) is 1. The Bertz CT molecular complexity index is 1150. The van der Waals surface area contributed by atoms with E-state index in [1.54, 1.807) is 24.1 Å². The Balaban J connectivity index is 1.38. The number of likely N-dealkylation sites (N-methyl/N-ethyl adjacent to an activating group) is 1. The number of hydrogen-bond donors (Lipinski definition) is 0. The Morgan fingerprint density at radius 1 is 0.903 bits per heavy atom. The second-order valence-electron chi connectivity index (χ2n) is 7.25. The number of carbonyl (C=O) groups is 1. The molecule has 3 aromatic carbocycles. The van der Waals surface area contributed by atoms with Crippen molar-refractivity contribution in [2.45, 2.75) is 6.92 Å². The monoisotopic (exact) mass is 413 g/mol. The van der Waals surface area contributed by atoms with Gasteiger partial charge in [0.15, 0.2) is 0 Å². The van der Waals surface area contributed by atoms with Crippen LogP contribution in [0.4, 0.5) is 0 Å². The summed E-state index contributed by atoms with van der Waals surface area (Å²) >= 11 is 0. The minimum absolute atomic E-state index is 0.0748. The molecule has 0 bridgehead atoms. The standard InChI is InChI=1S/C25H23N3O3/c1-18-7-6-8-21(17-18)24-27-26-23(31-24)19-11-13-20(14-12-19)25(29)28(2)15-16-30-22-9-4-3-5-10-22/h3-14,17H,15-16H2,1-2H3. The molecule has 0 fully saturated rings. The second-order valence-corrected chi connectivity index (χ2v) is 7.25. The summed E-state index contributed by atoms with van der Waals surface area (Å²) in [7, 11) is 1.76. The van der Waals surface area contributed by atoms with Gasteiger partial charge < -0.3 is 14.1 Å². The van der Waals surface area contributed by atoms with Crippen LogP contribution >= 0.6 is 0 Å². The van der Waals surface area contributed by atoms with Gasteiger partial charge in [0.05, 0.1) is 6.54 Å². The van der Waals surface area contributed by atoms with Crippen LogP contribution in [0.5, 0.6) is 5.75 Å². The summed E-state index contributed by atoms with van der Waals surface area (Å²) in [5.74, 6) is 1.60. The van der Waals surface area contributed by atoms with E-state index in [0.717, 1.165) is 22.4 Å². The predicted molar refractivity (Wildman–Crippen MR) is 119 cm³/mol. The topological polar surface area (TPSA) is 68.5 Å². The number of hydrogen-bond acceptors (Lipinski definition) is 5. The normalized spacial score (nSPS) is 10.6. The molecule has 31 heavy (non-hydrogen) atoms. The maximum atomic E-state index is 12.7. The number of carbonyl (C=O) groups excluding carboxylic acids is 1. The van der Waals surface area contributed by atoms with Gasteiger partial charge in [-0.15, -0.1) is 10.2 Å². The molecule has 1 heterocycles. The zero-order valence-electron chi connectivity index (χ0n) is 17.5. The molecular weight excluding hydrogens is 390 g/mol. The van der Waals surface area contributed by atoms with Crippen molar-refractivity contribution in [3.8, 4) is 28.7 Å². The lowest BCUT2D eigenvalue weighted by Crippen LogP contribution is -2.30. The fraction of sp³-hybridized carbons (Fsp3) is 0.160. The largest absolute Gasteiger partial charge is 0.492 e. The van der Waals surface area contributed by atoms with E-state index in [1.165, 1.54) is 0 Å². The van der Waals surface area contributed by atoms with E-state index in [2.05, 4.69) is 10.2 Å². The van der Waals surface area contributed by atoms with Gasteiger partial charge in [-0.3, -0.25) is 4.79 Å². The fourth-order valence-electron chi connectivity index (χ4n) is 3.13. The Morgan fingerprint density at radius 2 is 1.61 bits per heavy atom. The van der Waals surface area contributed by atoms with Gasteiger partial charge in [-0.2, -0.15) is 0 Å². The van der Waals surface area contributed by atoms with E-state index >= 15 is 0 Å². The molecule has 4 rings (SSSR count). The van der Waals surface area contributed by atoms with Crippen molar-refractivity contribution in [3.63, 3.8) is 0 Å². The first-order valence-corrected chi connectivity index (χ1v) is 10.0. The van der Waals surface area contributed by atoms with E-state index in [0.29, 0.717) is 30.5 Å². The number of rotatable bonds is 7. The molecule has 0 aliphatic heterocycles. The first-order chi connectivity index (χ1) is 15.1. The molecule has 1 aromatic heterocycles. The number of amides is 1. The first kappa shape index (κ1) is 20.3. The molecule has 6 nitrogen and oxygen atoms in total. The van der Waals surface area contributed by atoms with Gasteiger partial charge in [-0.1, -0.05) is 35.9 Å². The first-order valence-electron chi connectivity index (χ1n) is 10.0. The number of nitrogens with zero attached hydrogens (tertiary/aromatic N) is 3. The van der Waals surface area contributed by atoms with Crippen LogP contribution < -0.4 is 4.74 Å². The van der Waals surface area contributed by atoms with Crippen LogP contribution in [-0.2, 0) is 0 Å². The molecule has 0 saturated heterocycles. The lowest BCUT2D eigenvalue weighted by molar-refractivity contribution is 0.0774. The molecule has 0 atom stereocenters. The van der Waals surface area contributed by atoms with Gasteiger partial charge in [0.25, 0.3) is 5.91 Å². The number of para-hydroxylation sites is 1. The van der Waals surface area contributed by atoms with Gasteiger partial charge in [0.1, 0.15) is 12.4 Å². The molecule has 0 radical (unpaired) electrons. The zero-order chi connectivity index (χ0) is 21.6. The Hall–Kier alpha value is -3.93. The van der Waals surface area contributed by atoms with Crippen molar-refractivity contribution in [2.24, 2.45) is 0 Å². The summed E-state index contributed by atoms with van der Waals surface area (Å²) in [5, 5.41) is 8.29. The molecule has 0 saturated carbocycles. The average Bonchev–Trinajstić information content (AvgIpc) is 3.30. The van der Waals surface area contributed by atoms with E-state index < -0.39 is 0 Å². The van der Waals surface area contributed by atoms with E-state index in [4.69, 9.17) is 9.15 Å². The zero-order valence-corrected chi connectivity index (χ0v) is 17.5. The summed E-state index contributed by atoms with van der Waals surface area (Å²) in [6.45, 7) is 2.92. The van der Waals surface area contributed by atoms with Crippen LogP contribution in [0, 0.1) is 6.92 Å². The molecule has 156 valence electrons. The SMILES string of the molecule is Cc1cccc(-c2nnc(-c3ccc(C(=O)N(C)CCOc4ccccc4)cc3)o2)c1. The number of benzene rings is 3. The van der Waals surface area contributed by atoms with Crippen LogP contribution in [0.2, 0.25) is 0 Å². The smallest absolute Gasteiger partial charge is 0.253 e. The summed E-state index contributed by atoms with van der Waals surface area (Å²) in [4.78, 5) is 14.3. The van der Waals surface area contributed by atoms with Crippen molar-refractivity contribution in [1.29, 1.82) is 0 Å². The molecule has 0 unspecified atom stereocenters. The van der Waals surface area contributed by atoms with Crippen LogP contribution in [0.1, 0.15) is 15.9 Å². The highest BCUT2D eigenvalue weighted by Gasteiger charge is 2.14. The van der Waals surface area contributed by atoms with Crippen molar-refractivity contribution >= 4 is 5.91 Å². The Morgan fingerprint density at radius 3 is 2.32 bits per heavy atom. The molecule has 0 N–H and O–H groups in total. The molecule has 1 amide bonds. The van der Waals surface area contributed by atoms with E-state index in [9.17, 15) is 4.79 Å². The summed E-state index contributed by atoms with van der Waals surface area (Å²) in [5.41, 5.74) is 3.35. The highest BCUT2D eigenvalue weighted by atomic mass is 16.5. The highest BCUT2D eigenvalue weighted by Crippen LogP contribution is 2.24. The third kappa shape index (κ3) is 4.98. The Kier molecular flexibility index (Phi) is 6.08. The van der Waals surface area contributed by atoms with Gasteiger partial charge >= 0.3 is 0 Å². The van der Waals surface area contributed by atoms with Crippen LogP contribution in [-0.4, -0.2) is 41.2 Å². The fourth-order valence-corrected chi connectivity index (χ4v) is 3.13. The molecule has 6 heteroatoms. The molecule has 4 aromatic rings. The number of aromatic nitrogens is 2. The lowest BCUT2D eigenvalue weighted by atomic mass is 10.1. The predicted octanol–water partition coefficient (Wildman–Crippen LogP) is 4.86. The second kappa shape index (κ2) is 9.26. The summed E-state index contributed by atoms with van der Waals surface area (Å²) < 4.78 is 11.5. The van der Waals surface area contributed by atoms with E-state index in [-0.39, 0.29) is 5.91 Å². The summed E-state index contributed by atoms with van der Waals surface area (Å²) in [6, 6.07) is 24.6. The highest BCUT2D eigenvalue weighted by molar-refractivity contribution is 5.94. The van der Waals surface area contributed by atoms with Gasteiger partial charge in [-0.05, 0) is 55.5 Å². The van der Waals surface area contributed by atoms with Crippen LogP contribution in [0.15, 0.2) is 83.3 Å². The van der Waals surface area contributed by atoms with Crippen LogP contribution in [0.25, 0.3) is 22.9 Å². The van der Waals surface area contributed by atoms with Gasteiger partial charge in [-0.25, -0.2) is 0 Å². The summed E-state index contributed by atoms with van der Waals surface area (Å²) in [6.07, 6.45) is 0. The minimum Gasteiger partial charge on any atom is -0.492 e. The van der Waals surface area contributed by atoms with Gasteiger partial charge in [0.2, 0.25) is 11.8 Å².